The minimum absolute atomic E-state index is 0.691. The molecule has 0 N–H and O–H groups in total. The lowest BCUT2D eigenvalue weighted by Gasteiger charge is -2.11. The van der Waals surface area contributed by atoms with Gasteiger partial charge in [-0.1, -0.05) is 77.3 Å². The van der Waals surface area contributed by atoms with E-state index in [0.717, 1.165) is 22.3 Å². The van der Waals surface area contributed by atoms with Gasteiger partial charge in [-0.2, -0.15) is 0 Å². The standard InChI is InChI=1S/C18H11Cl3/c19-14-6-1-4-12(10-14)16-8-3-9-17(18(16)21)13-5-2-7-15(20)11-13/h1-11H. The summed E-state index contributed by atoms with van der Waals surface area (Å²) >= 11 is 18.7. The van der Waals surface area contributed by atoms with Gasteiger partial charge in [0.05, 0.1) is 5.02 Å². The lowest BCUT2D eigenvalue weighted by molar-refractivity contribution is 1.58. The van der Waals surface area contributed by atoms with Crippen molar-refractivity contribution in [2.45, 2.75) is 0 Å². The molecule has 0 bridgehead atoms. The van der Waals surface area contributed by atoms with Crippen molar-refractivity contribution in [1.29, 1.82) is 0 Å². The largest absolute Gasteiger partial charge is 0.0843 e. The molecule has 0 atom stereocenters. The third kappa shape index (κ3) is 3.08. The molecule has 0 radical (unpaired) electrons. The molecule has 0 spiro atoms. The maximum atomic E-state index is 6.60. The second-order valence-corrected chi connectivity index (χ2v) is 5.94. The predicted octanol–water partition coefficient (Wildman–Crippen LogP) is 6.98. The van der Waals surface area contributed by atoms with Gasteiger partial charge in [0.25, 0.3) is 0 Å². The maximum Gasteiger partial charge on any atom is 0.0562 e. The van der Waals surface area contributed by atoms with Crippen LogP contribution >= 0.6 is 34.8 Å². The van der Waals surface area contributed by atoms with Gasteiger partial charge in [0, 0.05) is 21.2 Å². The number of hydrogen-bond donors (Lipinski definition) is 0. The van der Waals surface area contributed by atoms with Crippen molar-refractivity contribution in [3.05, 3.63) is 81.8 Å². The van der Waals surface area contributed by atoms with Gasteiger partial charge in [-0.3, -0.25) is 0 Å². The van der Waals surface area contributed by atoms with Crippen LogP contribution in [0.1, 0.15) is 0 Å². The summed E-state index contributed by atoms with van der Waals surface area (Å²) < 4.78 is 0. The summed E-state index contributed by atoms with van der Waals surface area (Å²) in [5, 5.41) is 2.08. The number of halogens is 3. The smallest absolute Gasteiger partial charge is 0.0562 e. The maximum absolute atomic E-state index is 6.60. The summed E-state index contributed by atoms with van der Waals surface area (Å²) in [6.45, 7) is 0. The topological polar surface area (TPSA) is 0 Å². The summed E-state index contributed by atoms with van der Waals surface area (Å²) in [6.07, 6.45) is 0. The van der Waals surface area contributed by atoms with E-state index in [1.165, 1.54) is 0 Å². The average Bonchev–Trinajstić information content (AvgIpc) is 2.47. The van der Waals surface area contributed by atoms with E-state index in [1.54, 1.807) is 0 Å². The van der Waals surface area contributed by atoms with Gasteiger partial charge in [0.15, 0.2) is 0 Å². The molecule has 0 aliphatic carbocycles. The van der Waals surface area contributed by atoms with Gasteiger partial charge >= 0.3 is 0 Å². The van der Waals surface area contributed by atoms with E-state index in [-0.39, 0.29) is 0 Å². The van der Waals surface area contributed by atoms with Gasteiger partial charge < -0.3 is 0 Å². The Kier molecular flexibility index (Phi) is 4.21. The van der Waals surface area contributed by atoms with Crippen molar-refractivity contribution in [2.75, 3.05) is 0 Å². The summed E-state index contributed by atoms with van der Waals surface area (Å²) in [5.74, 6) is 0. The Bertz CT molecular complexity index is 730. The molecule has 0 nitrogen and oxygen atoms in total. The van der Waals surface area contributed by atoms with Crippen LogP contribution in [0.4, 0.5) is 0 Å². The minimum atomic E-state index is 0.691. The molecule has 0 fully saturated rings. The van der Waals surface area contributed by atoms with Crippen molar-refractivity contribution >= 4 is 34.8 Å². The van der Waals surface area contributed by atoms with Crippen LogP contribution in [0.3, 0.4) is 0 Å². The van der Waals surface area contributed by atoms with E-state index in [0.29, 0.717) is 15.1 Å². The van der Waals surface area contributed by atoms with Crippen LogP contribution in [0.25, 0.3) is 22.3 Å². The Morgan fingerprint density at radius 1 is 0.524 bits per heavy atom. The molecule has 21 heavy (non-hydrogen) atoms. The lowest BCUT2D eigenvalue weighted by atomic mass is 9.99. The molecule has 3 aromatic rings. The van der Waals surface area contributed by atoms with Gasteiger partial charge in [0.1, 0.15) is 0 Å². The van der Waals surface area contributed by atoms with Crippen molar-refractivity contribution in [3.8, 4) is 22.3 Å². The Balaban J connectivity index is 2.16. The van der Waals surface area contributed by atoms with Crippen LogP contribution in [0.2, 0.25) is 15.1 Å². The normalized spacial score (nSPS) is 10.6. The summed E-state index contributed by atoms with van der Waals surface area (Å²) in [4.78, 5) is 0. The highest BCUT2D eigenvalue weighted by molar-refractivity contribution is 6.36. The highest BCUT2D eigenvalue weighted by Crippen LogP contribution is 2.37. The highest BCUT2D eigenvalue weighted by Gasteiger charge is 2.10. The molecule has 104 valence electrons. The van der Waals surface area contributed by atoms with E-state index in [1.807, 2.05) is 66.7 Å². The fraction of sp³-hybridized carbons (Fsp3) is 0. The van der Waals surface area contributed by atoms with Gasteiger partial charge in [-0.15, -0.1) is 0 Å². The minimum Gasteiger partial charge on any atom is -0.0843 e. The Morgan fingerprint density at radius 2 is 0.952 bits per heavy atom. The molecule has 3 heteroatoms. The monoisotopic (exact) mass is 332 g/mol. The molecule has 0 aromatic heterocycles. The fourth-order valence-electron chi connectivity index (χ4n) is 2.29. The fourth-order valence-corrected chi connectivity index (χ4v) is 3.01. The van der Waals surface area contributed by atoms with Crippen LogP contribution < -0.4 is 0 Å². The second kappa shape index (κ2) is 6.11. The molecule has 0 heterocycles. The number of rotatable bonds is 2. The molecule has 0 amide bonds. The molecular formula is C18H11Cl3. The first-order valence-corrected chi connectivity index (χ1v) is 7.59. The van der Waals surface area contributed by atoms with E-state index in [2.05, 4.69) is 0 Å². The van der Waals surface area contributed by atoms with Gasteiger partial charge in [-0.25, -0.2) is 0 Å². The van der Waals surface area contributed by atoms with Crippen LogP contribution in [-0.4, -0.2) is 0 Å². The van der Waals surface area contributed by atoms with Gasteiger partial charge in [0.2, 0.25) is 0 Å². The van der Waals surface area contributed by atoms with E-state index < -0.39 is 0 Å². The van der Waals surface area contributed by atoms with E-state index in [9.17, 15) is 0 Å². The van der Waals surface area contributed by atoms with Crippen LogP contribution in [0.5, 0.6) is 0 Å². The third-order valence-corrected chi connectivity index (χ3v) is 4.15. The summed E-state index contributed by atoms with van der Waals surface area (Å²) in [7, 11) is 0. The number of hydrogen-bond acceptors (Lipinski definition) is 0. The first-order valence-electron chi connectivity index (χ1n) is 6.45. The van der Waals surface area contributed by atoms with Crippen molar-refractivity contribution < 1.29 is 0 Å². The van der Waals surface area contributed by atoms with E-state index >= 15 is 0 Å². The number of benzene rings is 3. The summed E-state index contributed by atoms with van der Waals surface area (Å²) in [5.41, 5.74) is 3.90. The lowest BCUT2D eigenvalue weighted by Crippen LogP contribution is -1.85. The Hall–Kier alpha value is -1.47. The third-order valence-electron chi connectivity index (χ3n) is 3.27. The van der Waals surface area contributed by atoms with Crippen LogP contribution in [0.15, 0.2) is 66.7 Å². The van der Waals surface area contributed by atoms with Crippen LogP contribution in [-0.2, 0) is 0 Å². The molecular weight excluding hydrogens is 323 g/mol. The molecule has 0 saturated carbocycles. The zero-order chi connectivity index (χ0) is 14.8. The Labute approximate surface area is 138 Å². The zero-order valence-corrected chi connectivity index (χ0v) is 13.3. The summed E-state index contributed by atoms with van der Waals surface area (Å²) in [6, 6.07) is 21.3. The molecule has 0 aliphatic rings. The molecule has 0 saturated heterocycles. The second-order valence-electron chi connectivity index (χ2n) is 4.69. The Morgan fingerprint density at radius 3 is 1.38 bits per heavy atom. The molecule has 3 rings (SSSR count). The molecule has 3 aromatic carbocycles. The first kappa shape index (κ1) is 14.5. The quantitative estimate of drug-likeness (QED) is 0.474. The van der Waals surface area contributed by atoms with Crippen molar-refractivity contribution in [2.24, 2.45) is 0 Å². The van der Waals surface area contributed by atoms with Crippen molar-refractivity contribution in [3.63, 3.8) is 0 Å². The zero-order valence-electron chi connectivity index (χ0n) is 11.0. The molecule has 0 unspecified atom stereocenters. The molecule has 0 aliphatic heterocycles. The van der Waals surface area contributed by atoms with E-state index in [4.69, 9.17) is 34.8 Å². The first-order chi connectivity index (χ1) is 10.1. The SMILES string of the molecule is Clc1cccc(-c2cccc(-c3cccc(Cl)c3)c2Cl)c1. The highest BCUT2D eigenvalue weighted by atomic mass is 35.5. The van der Waals surface area contributed by atoms with Gasteiger partial charge in [-0.05, 0) is 35.4 Å². The predicted molar refractivity (Wildman–Crippen MR) is 92.3 cm³/mol. The average molecular weight is 334 g/mol. The van der Waals surface area contributed by atoms with Crippen LogP contribution in [0, 0.1) is 0 Å². The van der Waals surface area contributed by atoms with Crippen molar-refractivity contribution in [1.82, 2.24) is 0 Å².